The molecular formula is GeMgOSi. The fraction of sp³-hybridized carbons (Fsp3) is 0. The maximum Gasteiger partial charge on any atom is 0 e. The van der Waals surface area contributed by atoms with Gasteiger partial charge in [-0.15, -0.1) is 0 Å². The Labute approximate surface area is 54.1 Å². The van der Waals surface area contributed by atoms with Crippen molar-refractivity contribution in [3.63, 3.8) is 0 Å². The Morgan fingerprint density at radius 3 is 1.25 bits per heavy atom. The monoisotopic (exact) mass is 142 g/mol. The Kier molecular flexibility index (Phi) is 125. The van der Waals surface area contributed by atoms with Crippen molar-refractivity contribution in [1.29, 1.82) is 0 Å². The molecule has 0 N–H and O–H groups in total. The normalized spacial score (nSPS) is 1.00. The van der Waals surface area contributed by atoms with E-state index in [1.54, 1.807) is 0 Å². The van der Waals surface area contributed by atoms with Crippen LogP contribution in [0.5, 0.6) is 0 Å². The van der Waals surface area contributed by atoms with Gasteiger partial charge < -0.3 is 0 Å². The van der Waals surface area contributed by atoms with E-state index in [2.05, 4.69) is 0 Å². The third kappa shape index (κ3) is 10.2. The van der Waals surface area contributed by atoms with Gasteiger partial charge >= 0.3 is 20.2 Å². The molecule has 4 heteroatoms. The third-order valence-corrected chi connectivity index (χ3v) is 0. The topological polar surface area (TPSA) is 17.1 Å². The molecule has 0 spiro atoms. The van der Waals surface area contributed by atoms with Crippen molar-refractivity contribution < 1.29 is 3.78 Å². The molecule has 0 aromatic rings. The van der Waals surface area contributed by atoms with Crippen molar-refractivity contribution in [1.82, 2.24) is 0 Å². The molecule has 0 aromatic heterocycles. The zero-order chi connectivity index (χ0) is 2.00. The van der Waals surface area contributed by atoms with Gasteiger partial charge in [-0.1, -0.05) is 0 Å². The molecule has 0 rings (SSSR count). The summed E-state index contributed by atoms with van der Waals surface area (Å²) in [6.07, 6.45) is 0. The van der Waals surface area contributed by atoms with Gasteiger partial charge in [-0.3, -0.25) is 0 Å². The fourth-order valence-corrected chi connectivity index (χ4v) is 0. The first-order valence-electron chi connectivity index (χ1n) is 0.204. The van der Waals surface area contributed by atoms with Gasteiger partial charge in [0.15, 0.2) is 0 Å². The second-order valence-corrected chi connectivity index (χ2v) is 0. The molecular weight excluding hydrogens is 141 g/mol. The molecule has 0 heterocycles. The molecule has 1 nitrogen and oxygen atoms in total. The molecule has 0 unspecified atom stereocenters. The Bertz CT molecular complexity index is 8.00. The number of hydrogen-bond acceptors (Lipinski definition) is 1. The Morgan fingerprint density at radius 1 is 1.25 bits per heavy atom. The van der Waals surface area contributed by atoms with Crippen molar-refractivity contribution in [2.24, 2.45) is 0 Å². The summed E-state index contributed by atoms with van der Waals surface area (Å²) >= 11 is 0.750. The standard InChI is InChI=1S/GeO.Mg.Si/c1-2;;. The second kappa shape index (κ2) is 27.2. The summed E-state index contributed by atoms with van der Waals surface area (Å²) in [5.41, 5.74) is 0. The van der Waals surface area contributed by atoms with Crippen LogP contribution in [-0.4, -0.2) is 50.5 Å². The molecule has 8 radical (unpaired) electrons. The van der Waals surface area contributed by atoms with Crippen LogP contribution < -0.4 is 0 Å². The van der Waals surface area contributed by atoms with Gasteiger partial charge in [0.05, 0.1) is 0 Å². The van der Waals surface area contributed by atoms with Crippen LogP contribution in [0.1, 0.15) is 0 Å². The van der Waals surface area contributed by atoms with Gasteiger partial charge in [-0.25, -0.2) is 0 Å². The average molecular weight is 141 g/mol. The maximum atomic E-state index is 8.25. The molecule has 16 valence electrons. The van der Waals surface area contributed by atoms with E-state index in [-0.39, 0.29) is 34.0 Å². The molecule has 0 saturated heterocycles. The van der Waals surface area contributed by atoms with Crippen LogP contribution in [0.15, 0.2) is 0 Å². The van der Waals surface area contributed by atoms with E-state index in [0.29, 0.717) is 0 Å². The molecule has 4 heavy (non-hydrogen) atoms. The SMILES string of the molecule is [Mg].[O]=[Ge].[Si]. The maximum absolute atomic E-state index is 8.25. The summed E-state index contributed by atoms with van der Waals surface area (Å²) in [5.74, 6) is 0. The summed E-state index contributed by atoms with van der Waals surface area (Å²) in [6, 6.07) is 0. The van der Waals surface area contributed by atoms with Crippen LogP contribution >= 0.6 is 0 Å². The van der Waals surface area contributed by atoms with Crippen LogP contribution in [0.3, 0.4) is 0 Å². The molecule has 0 aromatic carbocycles. The van der Waals surface area contributed by atoms with Crippen LogP contribution in [0.4, 0.5) is 0 Å². The van der Waals surface area contributed by atoms with E-state index in [9.17, 15) is 0 Å². The van der Waals surface area contributed by atoms with Gasteiger partial charge in [0.2, 0.25) is 0 Å². The molecule has 0 aliphatic rings. The minimum absolute atomic E-state index is 0. The predicted octanol–water partition coefficient (Wildman–Crippen LogP) is -1.26. The van der Waals surface area contributed by atoms with Crippen molar-refractivity contribution in [3.05, 3.63) is 0 Å². The van der Waals surface area contributed by atoms with E-state index in [4.69, 9.17) is 3.78 Å². The minimum atomic E-state index is 0. The van der Waals surface area contributed by atoms with E-state index < -0.39 is 0 Å². The molecule has 0 atom stereocenters. The van der Waals surface area contributed by atoms with E-state index in [0.717, 1.165) is 16.5 Å². The smallest absolute Gasteiger partial charge is 0 e. The van der Waals surface area contributed by atoms with Crippen LogP contribution in [0.2, 0.25) is 0 Å². The van der Waals surface area contributed by atoms with Crippen LogP contribution in [0.25, 0.3) is 0 Å². The summed E-state index contributed by atoms with van der Waals surface area (Å²) in [7, 11) is 0. The van der Waals surface area contributed by atoms with E-state index in [1.807, 2.05) is 0 Å². The number of hydrogen-bond donors (Lipinski definition) is 0. The first-order chi connectivity index (χ1) is 1.00. The van der Waals surface area contributed by atoms with Gasteiger partial charge in [0.1, 0.15) is 0 Å². The van der Waals surface area contributed by atoms with Crippen molar-refractivity contribution >= 4 is 50.5 Å². The first-order valence-corrected chi connectivity index (χ1v) is 1.06. The van der Waals surface area contributed by atoms with Gasteiger partial charge in [0.25, 0.3) is 0 Å². The van der Waals surface area contributed by atoms with Crippen LogP contribution in [-0.2, 0) is 3.78 Å². The van der Waals surface area contributed by atoms with E-state index >= 15 is 0 Å². The van der Waals surface area contributed by atoms with Crippen molar-refractivity contribution in [2.45, 2.75) is 0 Å². The quantitative estimate of drug-likeness (QED) is 0.385. The zero-order valence-electron chi connectivity index (χ0n) is 2.12. The molecule has 0 aliphatic carbocycles. The summed E-state index contributed by atoms with van der Waals surface area (Å²) in [6.45, 7) is 0. The summed E-state index contributed by atoms with van der Waals surface area (Å²) in [5, 5.41) is 0. The van der Waals surface area contributed by atoms with E-state index in [1.165, 1.54) is 0 Å². The van der Waals surface area contributed by atoms with Gasteiger partial charge in [0, 0.05) is 34.0 Å². The average Bonchev–Trinajstić information content (AvgIpc) is 1.00. The summed E-state index contributed by atoms with van der Waals surface area (Å²) < 4.78 is 8.25. The zero-order valence-corrected chi connectivity index (χ0v) is 6.63. The molecule has 0 aliphatic heterocycles. The molecule has 0 amide bonds. The van der Waals surface area contributed by atoms with Crippen molar-refractivity contribution in [2.75, 3.05) is 0 Å². The first kappa shape index (κ1) is 18.4. The largest absolute Gasteiger partial charge is 0 e. The van der Waals surface area contributed by atoms with Crippen LogP contribution in [0, 0.1) is 0 Å². The predicted molar refractivity (Wildman–Crippen MR) is 17.9 cm³/mol. The number of rotatable bonds is 0. The van der Waals surface area contributed by atoms with Gasteiger partial charge in [-0.2, -0.15) is 0 Å². The molecule has 0 saturated carbocycles. The fourth-order valence-electron chi connectivity index (χ4n) is 0. The Morgan fingerprint density at radius 2 is 1.25 bits per heavy atom. The Balaban J connectivity index is -0.00000000500. The Hall–Kier alpha value is 1.33. The van der Waals surface area contributed by atoms with Crippen molar-refractivity contribution in [3.8, 4) is 0 Å². The van der Waals surface area contributed by atoms with Gasteiger partial charge in [-0.05, 0) is 0 Å². The third-order valence-electron chi connectivity index (χ3n) is 0. The molecule has 0 fully saturated rings. The molecule has 0 bridgehead atoms. The second-order valence-electron chi connectivity index (χ2n) is 0. The summed E-state index contributed by atoms with van der Waals surface area (Å²) in [4.78, 5) is 0. The minimum Gasteiger partial charge on any atom is 0 e.